The van der Waals surface area contributed by atoms with Crippen molar-refractivity contribution in [3.05, 3.63) is 36.5 Å². The molecule has 10 heteroatoms. The van der Waals surface area contributed by atoms with Crippen LogP contribution in [0.25, 0.3) is 0 Å². The molecule has 46 heavy (non-hydrogen) atoms. The number of likely N-dealkylation sites (N-methyl/N-ethyl adjacent to an activating group) is 1. The number of ether oxygens (including phenoxy) is 2. The molecule has 0 aliphatic heterocycles. The first-order valence-electron chi connectivity index (χ1n) is 17.7. The third-order valence-electron chi connectivity index (χ3n) is 7.17. The highest BCUT2D eigenvalue weighted by atomic mass is 31.2. The van der Waals surface area contributed by atoms with Crippen molar-refractivity contribution < 1.29 is 42.1 Å². The zero-order valence-corrected chi connectivity index (χ0v) is 30.7. The number of unbranched alkanes of at least 4 members (excludes halogenated alkanes) is 11. The lowest BCUT2D eigenvalue weighted by Gasteiger charge is -2.28. The minimum absolute atomic E-state index is 0.0347. The van der Waals surface area contributed by atoms with Gasteiger partial charge in [-0.1, -0.05) is 108 Å². The van der Waals surface area contributed by atoms with Crippen molar-refractivity contribution >= 4 is 19.8 Å². The van der Waals surface area contributed by atoms with Gasteiger partial charge in [0.25, 0.3) is 7.82 Å². The average molecular weight is 672 g/mol. The Hall–Kier alpha value is -1.77. The second-order valence-corrected chi connectivity index (χ2v) is 14.3. The lowest BCUT2D eigenvalue weighted by atomic mass is 10.1. The van der Waals surface area contributed by atoms with Crippen LogP contribution in [0.15, 0.2) is 36.5 Å². The van der Waals surface area contributed by atoms with Crippen LogP contribution in [0, 0.1) is 0 Å². The summed E-state index contributed by atoms with van der Waals surface area (Å²) in [5, 5.41) is 0. The largest absolute Gasteiger partial charge is 0.756 e. The predicted octanol–water partition coefficient (Wildman–Crippen LogP) is 8.38. The number of quaternary nitrogens is 1. The standard InChI is InChI=1S/C36H66NO8P/c1-6-8-10-12-14-15-16-17-18-19-20-21-23-25-27-29-36(39)45-34(33-44-46(40,41)43-31-30-37(3,4)5)32-42-35(38)28-26-24-22-13-11-9-7-2/h8,10,14-15,17-18,34H,6-7,9,11-13,16,19-33H2,1-5H3/b10-8+,15-14+,18-17+/t34-/m1/s1. The fourth-order valence-corrected chi connectivity index (χ4v) is 5.10. The Labute approximate surface area is 281 Å². The van der Waals surface area contributed by atoms with Gasteiger partial charge >= 0.3 is 11.9 Å². The van der Waals surface area contributed by atoms with E-state index < -0.39 is 32.5 Å². The van der Waals surface area contributed by atoms with Gasteiger partial charge < -0.3 is 27.9 Å². The molecular formula is C36H66NO8P. The van der Waals surface area contributed by atoms with Gasteiger partial charge in [-0.2, -0.15) is 0 Å². The second-order valence-electron chi connectivity index (χ2n) is 12.9. The summed E-state index contributed by atoms with van der Waals surface area (Å²) < 4.78 is 33.6. The Morgan fingerprint density at radius 2 is 1.24 bits per heavy atom. The normalized spacial score (nSPS) is 14.3. The third kappa shape index (κ3) is 32.2. The highest BCUT2D eigenvalue weighted by Crippen LogP contribution is 2.38. The summed E-state index contributed by atoms with van der Waals surface area (Å²) in [6.07, 6.45) is 29.0. The molecule has 0 aromatic carbocycles. The molecule has 0 radical (unpaired) electrons. The summed E-state index contributed by atoms with van der Waals surface area (Å²) in [5.74, 6) is -0.866. The number of nitrogens with zero attached hydrogens (tertiary/aromatic N) is 1. The first-order chi connectivity index (χ1) is 22.0. The summed E-state index contributed by atoms with van der Waals surface area (Å²) in [7, 11) is 1.15. The van der Waals surface area contributed by atoms with Crippen molar-refractivity contribution in [3.63, 3.8) is 0 Å². The summed E-state index contributed by atoms with van der Waals surface area (Å²) >= 11 is 0. The quantitative estimate of drug-likeness (QED) is 0.0238. The van der Waals surface area contributed by atoms with Crippen LogP contribution in [0.2, 0.25) is 0 Å². The molecule has 0 aromatic heterocycles. The third-order valence-corrected chi connectivity index (χ3v) is 8.14. The van der Waals surface area contributed by atoms with E-state index in [-0.39, 0.29) is 26.1 Å². The molecule has 1 unspecified atom stereocenters. The van der Waals surface area contributed by atoms with Crippen molar-refractivity contribution in [3.8, 4) is 0 Å². The molecular weight excluding hydrogens is 605 g/mol. The molecule has 9 nitrogen and oxygen atoms in total. The topological polar surface area (TPSA) is 111 Å². The number of hydrogen-bond acceptors (Lipinski definition) is 8. The molecule has 0 bridgehead atoms. The van der Waals surface area contributed by atoms with Crippen LogP contribution in [-0.4, -0.2) is 70.0 Å². The van der Waals surface area contributed by atoms with Crippen LogP contribution in [0.1, 0.15) is 129 Å². The lowest BCUT2D eigenvalue weighted by Crippen LogP contribution is -2.37. The van der Waals surface area contributed by atoms with Crippen molar-refractivity contribution in [2.24, 2.45) is 0 Å². The zero-order chi connectivity index (χ0) is 34.4. The van der Waals surface area contributed by atoms with Crippen molar-refractivity contribution in [2.45, 2.75) is 136 Å². The van der Waals surface area contributed by atoms with Gasteiger partial charge in [-0.05, 0) is 44.9 Å². The van der Waals surface area contributed by atoms with E-state index in [4.69, 9.17) is 18.5 Å². The second kappa shape index (κ2) is 29.4. The number of esters is 2. The number of carbonyl (C=O) groups excluding carboxylic acids is 2. The van der Waals surface area contributed by atoms with E-state index in [2.05, 4.69) is 50.3 Å². The van der Waals surface area contributed by atoms with E-state index in [9.17, 15) is 19.0 Å². The molecule has 0 saturated carbocycles. The number of hydrogen-bond donors (Lipinski definition) is 0. The summed E-state index contributed by atoms with van der Waals surface area (Å²) in [6.45, 7) is 4.01. The molecule has 0 saturated heterocycles. The Morgan fingerprint density at radius 3 is 1.85 bits per heavy atom. The highest BCUT2D eigenvalue weighted by Gasteiger charge is 2.21. The van der Waals surface area contributed by atoms with Crippen LogP contribution < -0.4 is 4.89 Å². The number of phosphoric ester groups is 1. The van der Waals surface area contributed by atoms with E-state index in [1.165, 1.54) is 19.3 Å². The number of allylic oxidation sites excluding steroid dienone is 6. The molecule has 0 aliphatic rings. The Morgan fingerprint density at radius 1 is 0.696 bits per heavy atom. The van der Waals surface area contributed by atoms with Gasteiger partial charge in [-0.25, -0.2) is 0 Å². The summed E-state index contributed by atoms with van der Waals surface area (Å²) in [6, 6.07) is 0. The van der Waals surface area contributed by atoms with E-state index in [1.54, 1.807) is 0 Å². The fraction of sp³-hybridized carbons (Fsp3) is 0.778. The molecule has 268 valence electrons. The summed E-state index contributed by atoms with van der Waals surface area (Å²) in [4.78, 5) is 37.1. The van der Waals surface area contributed by atoms with Crippen LogP contribution in [0.4, 0.5) is 0 Å². The van der Waals surface area contributed by atoms with E-state index >= 15 is 0 Å². The molecule has 0 spiro atoms. The van der Waals surface area contributed by atoms with Crippen LogP contribution >= 0.6 is 7.82 Å². The van der Waals surface area contributed by atoms with Crippen LogP contribution in [0.3, 0.4) is 0 Å². The number of carbonyl (C=O) groups is 2. The molecule has 0 aromatic rings. The molecule has 2 atom stereocenters. The maximum Gasteiger partial charge on any atom is 0.306 e. The summed E-state index contributed by atoms with van der Waals surface area (Å²) in [5.41, 5.74) is 0. The van der Waals surface area contributed by atoms with E-state index in [0.717, 1.165) is 77.0 Å². The molecule has 0 amide bonds. The first-order valence-corrected chi connectivity index (χ1v) is 19.2. The Kier molecular flexibility index (Phi) is 28.2. The van der Waals surface area contributed by atoms with Gasteiger partial charge in [0.05, 0.1) is 27.7 Å². The molecule has 0 rings (SSSR count). The van der Waals surface area contributed by atoms with Gasteiger partial charge in [-0.3, -0.25) is 14.2 Å². The van der Waals surface area contributed by atoms with Gasteiger partial charge in [-0.15, -0.1) is 0 Å². The Bertz CT molecular complexity index is 897. The number of phosphoric acid groups is 1. The lowest BCUT2D eigenvalue weighted by molar-refractivity contribution is -0.870. The van der Waals surface area contributed by atoms with E-state index in [1.807, 2.05) is 21.1 Å². The van der Waals surface area contributed by atoms with Crippen molar-refractivity contribution in [1.82, 2.24) is 0 Å². The molecule has 0 heterocycles. The predicted molar refractivity (Wildman–Crippen MR) is 185 cm³/mol. The smallest absolute Gasteiger partial charge is 0.306 e. The van der Waals surface area contributed by atoms with Crippen LogP contribution in [-0.2, 0) is 32.7 Å². The van der Waals surface area contributed by atoms with Gasteiger partial charge in [0.1, 0.15) is 19.8 Å². The minimum Gasteiger partial charge on any atom is -0.756 e. The molecule has 0 N–H and O–H groups in total. The molecule has 0 aliphatic carbocycles. The number of rotatable bonds is 31. The Balaban J connectivity index is 4.47. The zero-order valence-electron chi connectivity index (χ0n) is 29.8. The maximum absolute atomic E-state index is 12.5. The van der Waals surface area contributed by atoms with Gasteiger partial charge in [0.15, 0.2) is 6.10 Å². The highest BCUT2D eigenvalue weighted by molar-refractivity contribution is 7.45. The van der Waals surface area contributed by atoms with Gasteiger partial charge in [0.2, 0.25) is 0 Å². The maximum atomic E-state index is 12.5. The fourth-order valence-electron chi connectivity index (χ4n) is 4.37. The van der Waals surface area contributed by atoms with Crippen LogP contribution in [0.5, 0.6) is 0 Å². The monoisotopic (exact) mass is 671 g/mol. The SMILES string of the molecule is CC/C=C/C/C=C/C/C=C/CCCCCCCC(=O)O[C@H](COC(=O)CCCCCCCCC)COP(=O)([O-])OCC[N+](C)(C)C. The first kappa shape index (κ1) is 44.2. The van der Waals surface area contributed by atoms with Gasteiger partial charge in [0, 0.05) is 12.8 Å². The minimum atomic E-state index is -4.61. The van der Waals surface area contributed by atoms with Crippen molar-refractivity contribution in [2.75, 3.05) is 47.5 Å². The average Bonchev–Trinajstić information content (AvgIpc) is 2.99. The molecule has 0 fully saturated rings. The van der Waals surface area contributed by atoms with E-state index in [0.29, 0.717) is 17.4 Å². The van der Waals surface area contributed by atoms with Crippen molar-refractivity contribution in [1.29, 1.82) is 0 Å².